The topological polar surface area (TPSA) is 60.2 Å². The third kappa shape index (κ3) is 2.64. The largest absolute Gasteiger partial charge is 0.369 e. The Labute approximate surface area is 90.2 Å². The Morgan fingerprint density at radius 2 is 2.12 bits per heavy atom. The third-order valence-electron chi connectivity index (χ3n) is 1.73. The van der Waals surface area contributed by atoms with E-state index in [-0.39, 0.29) is 18.3 Å². The Balaban J connectivity index is 3.10. The molecule has 0 bridgehead atoms. The molecule has 0 heterocycles. The molecule has 2 N–H and O–H groups in total. The summed E-state index contributed by atoms with van der Waals surface area (Å²) in [5.74, 6) is 1.97. The van der Waals surface area contributed by atoms with Crippen LogP contribution in [-0.2, 0) is 4.79 Å². The summed E-state index contributed by atoms with van der Waals surface area (Å²) in [6.07, 6.45) is -0.156. The number of halogens is 2. The summed E-state index contributed by atoms with van der Waals surface area (Å²) >= 11 is 0. The van der Waals surface area contributed by atoms with Crippen molar-refractivity contribution in [1.82, 2.24) is 0 Å². The van der Waals surface area contributed by atoms with Crippen molar-refractivity contribution in [3.63, 3.8) is 0 Å². The van der Waals surface area contributed by atoms with Crippen LogP contribution in [0.1, 0.15) is 22.3 Å². The maximum atomic E-state index is 13.4. The second-order valence-corrected chi connectivity index (χ2v) is 2.89. The fourth-order valence-corrected chi connectivity index (χ4v) is 1.00. The molecule has 0 aliphatic carbocycles. The van der Waals surface area contributed by atoms with E-state index in [0.717, 1.165) is 12.1 Å². The Bertz CT molecular complexity index is 501. The summed E-state index contributed by atoms with van der Waals surface area (Å²) < 4.78 is 26.3. The van der Waals surface area contributed by atoms with Crippen LogP contribution >= 0.6 is 0 Å². The number of rotatable bonds is 2. The van der Waals surface area contributed by atoms with Crippen LogP contribution in [0.5, 0.6) is 0 Å². The van der Waals surface area contributed by atoms with Gasteiger partial charge in [0.15, 0.2) is 12.1 Å². The molecule has 0 aliphatic heterocycles. The number of hydrogen-bond acceptors (Lipinski definition) is 2. The van der Waals surface area contributed by atoms with E-state index >= 15 is 0 Å². The lowest BCUT2D eigenvalue weighted by atomic mass is 10.1. The number of carbonyl (C=O) groups excluding carboxylic acids is 2. The second-order valence-electron chi connectivity index (χ2n) is 2.89. The van der Waals surface area contributed by atoms with Gasteiger partial charge in [0.25, 0.3) is 0 Å². The number of primary amides is 1. The van der Waals surface area contributed by atoms with Crippen molar-refractivity contribution in [2.24, 2.45) is 5.73 Å². The first-order valence-electron chi connectivity index (χ1n) is 4.26. The van der Waals surface area contributed by atoms with Crippen molar-refractivity contribution >= 4 is 12.2 Å². The van der Waals surface area contributed by atoms with Crippen LogP contribution in [0.3, 0.4) is 0 Å². The minimum atomic E-state index is -1.04. The lowest BCUT2D eigenvalue weighted by molar-refractivity contribution is -0.117. The van der Waals surface area contributed by atoms with Crippen molar-refractivity contribution in [3.8, 4) is 11.8 Å². The molecule has 3 nitrogen and oxygen atoms in total. The van der Waals surface area contributed by atoms with Crippen LogP contribution in [0.2, 0.25) is 0 Å². The highest BCUT2D eigenvalue weighted by Gasteiger charge is 2.11. The fourth-order valence-electron chi connectivity index (χ4n) is 1.00. The average Bonchev–Trinajstić information content (AvgIpc) is 2.22. The first-order valence-corrected chi connectivity index (χ1v) is 4.26. The molecule has 0 aliphatic rings. The van der Waals surface area contributed by atoms with Gasteiger partial charge < -0.3 is 5.73 Å². The normalized spacial score (nSPS) is 9.12. The van der Waals surface area contributed by atoms with Crippen LogP contribution in [0, 0.1) is 23.5 Å². The summed E-state index contributed by atoms with van der Waals surface area (Å²) in [5.41, 5.74) is 4.00. The summed E-state index contributed by atoms with van der Waals surface area (Å²) in [6, 6.07) is 2.02. The molecule has 16 heavy (non-hydrogen) atoms. The minimum absolute atomic E-state index is 0.0733. The second kappa shape index (κ2) is 5.03. The van der Waals surface area contributed by atoms with Crippen LogP contribution in [0.15, 0.2) is 12.1 Å². The van der Waals surface area contributed by atoms with Gasteiger partial charge in [-0.3, -0.25) is 9.59 Å². The van der Waals surface area contributed by atoms with Gasteiger partial charge in [0.2, 0.25) is 5.91 Å². The SMILES string of the molecule is NC(=O)CC#Cc1ccc(F)c(C=O)c1F. The maximum Gasteiger partial charge on any atom is 0.229 e. The van der Waals surface area contributed by atoms with E-state index in [2.05, 4.69) is 11.8 Å². The van der Waals surface area contributed by atoms with Gasteiger partial charge >= 0.3 is 0 Å². The molecule has 1 aromatic rings. The number of aldehydes is 1. The van der Waals surface area contributed by atoms with E-state index < -0.39 is 23.1 Å². The standard InChI is InChI=1S/C11H7F2NO2/c12-9-5-4-7(2-1-3-10(14)16)11(13)8(9)6-15/h4-6H,3H2,(H2,14,16). The summed E-state index contributed by atoms with van der Waals surface area (Å²) in [7, 11) is 0. The molecular formula is C11H7F2NO2. The highest BCUT2D eigenvalue weighted by molar-refractivity contribution is 5.78. The van der Waals surface area contributed by atoms with E-state index in [0.29, 0.717) is 0 Å². The van der Waals surface area contributed by atoms with Crippen LogP contribution in [0.25, 0.3) is 0 Å². The first kappa shape index (κ1) is 11.9. The van der Waals surface area contributed by atoms with Gasteiger partial charge in [-0.05, 0) is 12.1 Å². The van der Waals surface area contributed by atoms with E-state index in [9.17, 15) is 18.4 Å². The number of amides is 1. The lowest BCUT2D eigenvalue weighted by Gasteiger charge is -1.98. The predicted octanol–water partition coefficient (Wildman–Crippen LogP) is 1.00. The van der Waals surface area contributed by atoms with Gasteiger partial charge in [0, 0.05) is 0 Å². The summed E-state index contributed by atoms with van der Waals surface area (Å²) in [4.78, 5) is 20.7. The highest BCUT2D eigenvalue weighted by Crippen LogP contribution is 2.14. The van der Waals surface area contributed by atoms with Gasteiger partial charge in [0.05, 0.1) is 17.5 Å². The zero-order chi connectivity index (χ0) is 12.1. The minimum Gasteiger partial charge on any atom is -0.369 e. The van der Waals surface area contributed by atoms with Gasteiger partial charge in [-0.25, -0.2) is 8.78 Å². The summed E-state index contributed by atoms with van der Waals surface area (Å²) in [6.45, 7) is 0. The van der Waals surface area contributed by atoms with Crippen molar-refractivity contribution in [2.75, 3.05) is 0 Å². The molecule has 0 spiro atoms. The molecular weight excluding hydrogens is 216 g/mol. The van der Waals surface area contributed by atoms with Crippen molar-refractivity contribution in [2.45, 2.75) is 6.42 Å². The zero-order valence-corrected chi connectivity index (χ0v) is 8.09. The lowest BCUT2D eigenvalue weighted by Crippen LogP contribution is -2.08. The molecule has 1 aromatic carbocycles. The quantitative estimate of drug-likeness (QED) is 0.600. The van der Waals surface area contributed by atoms with E-state index in [1.54, 1.807) is 0 Å². The molecule has 0 atom stereocenters. The Kier molecular flexibility index (Phi) is 3.72. The predicted molar refractivity (Wildman–Crippen MR) is 52.4 cm³/mol. The Morgan fingerprint density at radius 1 is 1.44 bits per heavy atom. The molecule has 1 amide bonds. The first-order chi connectivity index (χ1) is 7.56. The fraction of sp³-hybridized carbons (Fsp3) is 0.0909. The van der Waals surface area contributed by atoms with Gasteiger partial charge in [0.1, 0.15) is 5.82 Å². The summed E-state index contributed by atoms with van der Waals surface area (Å²) in [5, 5.41) is 0. The van der Waals surface area contributed by atoms with Gasteiger partial charge in [-0.15, -0.1) is 0 Å². The molecule has 0 aromatic heterocycles. The maximum absolute atomic E-state index is 13.4. The molecule has 0 saturated carbocycles. The molecule has 0 radical (unpaired) electrons. The van der Waals surface area contributed by atoms with Crippen LogP contribution < -0.4 is 5.73 Å². The highest BCUT2D eigenvalue weighted by atomic mass is 19.1. The van der Waals surface area contributed by atoms with Crippen LogP contribution in [-0.4, -0.2) is 12.2 Å². The van der Waals surface area contributed by atoms with E-state index in [1.807, 2.05) is 0 Å². The van der Waals surface area contributed by atoms with E-state index in [1.165, 1.54) is 0 Å². The average molecular weight is 223 g/mol. The van der Waals surface area contributed by atoms with Crippen molar-refractivity contribution in [1.29, 1.82) is 0 Å². The number of carbonyl (C=O) groups is 2. The number of hydrogen-bond donors (Lipinski definition) is 1. The van der Waals surface area contributed by atoms with E-state index in [4.69, 9.17) is 5.73 Å². The molecule has 1 rings (SSSR count). The Morgan fingerprint density at radius 3 is 2.69 bits per heavy atom. The van der Waals surface area contributed by atoms with Gasteiger partial charge in [-0.1, -0.05) is 11.8 Å². The molecule has 0 fully saturated rings. The van der Waals surface area contributed by atoms with Crippen LogP contribution in [0.4, 0.5) is 8.78 Å². The Hall–Kier alpha value is -2.22. The molecule has 5 heteroatoms. The number of benzene rings is 1. The zero-order valence-electron chi connectivity index (χ0n) is 8.09. The smallest absolute Gasteiger partial charge is 0.229 e. The van der Waals surface area contributed by atoms with Crippen molar-refractivity contribution < 1.29 is 18.4 Å². The number of nitrogens with two attached hydrogens (primary N) is 1. The molecule has 82 valence electrons. The van der Waals surface area contributed by atoms with Gasteiger partial charge in [-0.2, -0.15) is 0 Å². The third-order valence-corrected chi connectivity index (χ3v) is 1.73. The van der Waals surface area contributed by atoms with Crippen molar-refractivity contribution in [3.05, 3.63) is 34.9 Å². The monoisotopic (exact) mass is 223 g/mol. The molecule has 0 unspecified atom stereocenters. The molecule has 0 saturated heterocycles.